The number of nitrogens with zero attached hydrogens (tertiary/aromatic N) is 2. The second-order valence-electron chi connectivity index (χ2n) is 11.3. The van der Waals surface area contributed by atoms with Crippen molar-refractivity contribution in [3.63, 3.8) is 0 Å². The average Bonchev–Trinajstić information content (AvgIpc) is 3.35. The molecule has 2 aromatic heterocycles. The number of rotatable bonds is 6. The molecule has 0 saturated heterocycles. The van der Waals surface area contributed by atoms with Crippen molar-refractivity contribution in [2.75, 3.05) is 0 Å². The summed E-state index contributed by atoms with van der Waals surface area (Å²) >= 11 is 0. The third-order valence-electron chi connectivity index (χ3n) is 8.61. The molecule has 0 spiro atoms. The number of aromatic nitrogens is 2. The van der Waals surface area contributed by atoms with Crippen LogP contribution in [-0.4, -0.2) is 9.13 Å². The van der Waals surface area contributed by atoms with E-state index in [1.807, 2.05) is 38.1 Å². The van der Waals surface area contributed by atoms with Crippen molar-refractivity contribution in [1.29, 1.82) is 0 Å². The molecule has 0 N–H and O–H groups in total. The van der Waals surface area contributed by atoms with E-state index in [9.17, 15) is 19.2 Å². The fraction of sp³-hybridized carbons (Fsp3) is 0.222. The second-order valence-corrected chi connectivity index (χ2v) is 11.3. The van der Waals surface area contributed by atoms with Crippen LogP contribution < -0.4 is 22.2 Å². The second kappa shape index (κ2) is 9.91. The van der Waals surface area contributed by atoms with Crippen LogP contribution in [0.3, 0.4) is 0 Å². The van der Waals surface area contributed by atoms with Gasteiger partial charge in [-0.25, -0.2) is 0 Å². The van der Waals surface area contributed by atoms with Gasteiger partial charge < -0.3 is 0 Å². The molecule has 5 aromatic carbocycles. The zero-order chi connectivity index (χ0) is 29.1. The Morgan fingerprint density at radius 3 is 0.905 bits per heavy atom. The van der Waals surface area contributed by atoms with E-state index in [-0.39, 0.29) is 22.2 Å². The molecule has 6 heteroatoms. The van der Waals surface area contributed by atoms with Crippen LogP contribution in [0.25, 0.3) is 64.6 Å². The third kappa shape index (κ3) is 4.01. The molecule has 0 amide bonds. The van der Waals surface area contributed by atoms with Crippen LogP contribution in [0.4, 0.5) is 0 Å². The predicted octanol–water partition coefficient (Wildman–Crippen LogP) is 6.69. The summed E-state index contributed by atoms with van der Waals surface area (Å²) in [5, 5.41) is 9.55. The van der Waals surface area contributed by atoms with Gasteiger partial charge in [-0.15, -0.1) is 0 Å². The number of hydrogen-bond acceptors (Lipinski definition) is 4. The van der Waals surface area contributed by atoms with Gasteiger partial charge in [-0.3, -0.25) is 28.3 Å². The molecular weight excluding hydrogens is 524 g/mol. The van der Waals surface area contributed by atoms with Crippen LogP contribution in [0.1, 0.15) is 39.5 Å². The Morgan fingerprint density at radius 2 is 0.667 bits per heavy atom. The van der Waals surface area contributed by atoms with Gasteiger partial charge >= 0.3 is 0 Å². The van der Waals surface area contributed by atoms with Gasteiger partial charge in [0.1, 0.15) is 0 Å². The third-order valence-corrected chi connectivity index (χ3v) is 8.61. The topological polar surface area (TPSA) is 78.1 Å². The van der Waals surface area contributed by atoms with E-state index in [1.165, 1.54) is 9.13 Å². The first-order chi connectivity index (χ1) is 20.4. The minimum Gasteiger partial charge on any atom is -0.274 e. The lowest BCUT2D eigenvalue weighted by Crippen LogP contribution is -2.25. The summed E-state index contributed by atoms with van der Waals surface area (Å²) in [6.07, 6.45) is 3.40. The summed E-state index contributed by atoms with van der Waals surface area (Å²) in [6, 6.07) is 23.9. The van der Waals surface area contributed by atoms with Crippen LogP contribution in [0.2, 0.25) is 0 Å². The van der Waals surface area contributed by atoms with E-state index in [0.717, 1.165) is 68.8 Å². The van der Waals surface area contributed by atoms with Gasteiger partial charge in [0.05, 0.1) is 21.5 Å². The van der Waals surface area contributed by atoms with Crippen molar-refractivity contribution in [1.82, 2.24) is 9.13 Å². The summed E-state index contributed by atoms with van der Waals surface area (Å²) in [6.45, 7) is 4.96. The molecule has 0 fully saturated rings. The number of benzene rings is 4. The monoisotopic (exact) mass is 554 g/mol. The normalized spacial score (nSPS) is 12.0. The largest absolute Gasteiger partial charge is 0.274 e. The summed E-state index contributed by atoms with van der Waals surface area (Å²) < 4.78 is 2.73. The predicted molar refractivity (Wildman–Crippen MR) is 174 cm³/mol. The van der Waals surface area contributed by atoms with E-state index < -0.39 is 0 Å². The summed E-state index contributed by atoms with van der Waals surface area (Å²) in [5.41, 5.74) is -0.857. The molecule has 0 unspecified atom stereocenters. The Labute approximate surface area is 240 Å². The highest BCUT2D eigenvalue weighted by Crippen LogP contribution is 2.29. The fourth-order valence-corrected chi connectivity index (χ4v) is 6.22. The smallest absolute Gasteiger partial charge is 0.261 e. The first-order valence-electron chi connectivity index (χ1n) is 14.7. The standard InChI is InChI=1S/C36H30N2O4/c1-3-5-11-37-33(39)29-17-25-13-21-7-9-23-15-27-19-31-32(36(42)38(35(31)41)12-6-4-2)20-28(27)16-24(23)10-8-22(21)14-26(25)18-30(29)34(37)40/h7-10,13-20H,3-6,11-12H2,1-2H3. The molecule has 2 heterocycles. The summed E-state index contributed by atoms with van der Waals surface area (Å²) in [7, 11) is 0. The van der Waals surface area contributed by atoms with Gasteiger partial charge in [0.2, 0.25) is 0 Å². The van der Waals surface area contributed by atoms with Crippen molar-refractivity contribution in [3.8, 4) is 0 Å². The van der Waals surface area contributed by atoms with E-state index >= 15 is 0 Å². The first-order valence-corrected chi connectivity index (χ1v) is 14.7. The Bertz CT molecular complexity index is 2140. The summed E-state index contributed by atoms with van der Waals surface area (Å²) in [5.74, 6) is 0. The molecule has 7 aromatic rings. The van der Waals surface area contributed by atoms with Gasteiger partial charge in [-0.05, 0) is 104 Å². The molecule has 0 aliphatic heterocycles. The number of unbranched alkanes of at least 4 members (excludes halogenated alkanes) is 2. The lowest BCUT2D eigenvalue weighted by molar-refractivity contribution is 0.609. The zero-order valence-corrected chi connectivity index (χ0v) is 23.7. The zero-order valence-electron chi connectivity index (χ0n) is 23.7. The van der Waals surface area contributed by atoms with E-state index in [0.29, 0.717) is 34.6 Å². The molecule has 0 aliphatic rings. The van der Waals surface area contributed by atoms with Gasteiger partial charge in [0, 0.05) is 13.1 Å². The molecule has 0 bridgehead atoms. The minimum atomic E-state index is -0.214. The van der Waals surface area contributed by atoms with E-state index in [1.54, 1.807) is 0 Å². The maximum absolute atomic E-state index is 13.0. The van der Waals surface area contributed by atoms with Crippen molar-refractivity contribution in [3.05, 3.63) is 114 Å². The lowest BCUT2D eigenvalue weighted by Gasteiger charge is -2.04. The van der Waals surface area contributed by atoms with Crippen LogP contribution in [0.5, 0.6) is 0 Å². The Balaban J connectivity index is 1.42. The van der Waals surface area contributed by atoms with E-state index in [2.05, 4.69) is 48.5 Å². The molecule has 7 rings (SSSR count). The minimum absolute atomic E-state index is 0.214. The highest BCUT2D eigenvalue weighted by Gasteiger charge is 2.15. The molecule has 208 valence electrons. The highest BCUT2D eigenvalue weighted by molar-refractivity contribution is 6.07. The lowest BCUT2D eigenvalue weighted by atomic mass is 9.99. The van der Waals surface area contributed by atoms with Crippen LogP contribution >= 0.6 is 0 Å². The van der Waals surface area contributed by atoms with Gasteiger partial charge in [0.15, 0.2) is 0 Å². The van der Waals surface area contributed by atoms with Crippen molar-refractivity contribution in [2.24, 2.45) is 0 Å². The molecule has 0 atom stereocenters. The van der Waals surface area contributed by atoms with E-state index in [4.69, 9.17) is 0 Å². The molecule has 0 radical (unpaired) electrons. The van der Waals surface area contributed by atoms with Gasteiger partial charge in [0.25, 0.3) is 22.2 Å². The van der Waals surface area contributed by atoms with Crippen molar-refractivity contribution < 1.29 is 0 Å². The quantitative estimate of drug-likeness (QED) is 0.230. The fourth-order valence-electron chi connectivity index (χ4n) is 6.22. The average molecular weight is 555 g/mol. The molecule has 6 nitrogen and oxygen atoms in total. The van der Waals surface area contributed by atoms with Gasteiger partial charge in [-0.2, -0.15) is 0 Å². The Hall–Kier alpha value is -4.84. The van der Waals surface area contributed by atoms with Crippen LogP contribution in [0.15, 0.2) is 92.0 Å². The first kappa shape index (κ1) is 26.1. The van der Waals surface area contributed by atoms with Crippen LogP contribution in [-0.2, 0) is 13.1 Å². The maximum atomic E-state index is 13.0. The molecule has 0 aliphatic carbocycles. The maximum Gasteiger partial charge on any atom is 0.261 e. The summed E-state index contributed by atoms with van der Waals surface area (Å²) in [4.78, 5) is 52.0. The highest BCUT2D eigenvalue weighted by atomic mass is 16.2. The Morgan fingerprint density at radius 1 is 0.405 bits per heavy atom. The molecule has 0 saturated carbocycles. The van der Waals surface area contributed by atoms with Crippen molar-refractivity contribution >= 4 is 64.6 Å². The Kier molecular flexibility index (Phi) is 6.15. The van der Waals surface area contributed by atoms with Crippen LogP contribution in [0, 0.1) is 0 Å². The molecular formula is C36H30N2O4. The molecule has 42 heavy (non-hydrogen) atoms. The number of hydrogen-bond donors (Lipinski definition) is 0. The van der Waals surface area contributed by atoms with Gasteiger partial charge in [-0.1, -0.05) is 51.0 Å². The SMILES string of the molecule is CCCCn1c(=O)c2cc3cc4ccc5cc6cc7c(=O)n(CCCC)c(=O)c7cc6cc5ccc4cc3cc2c1=O. The van der Waals surface area contributed by atoms with Crippen molar-refractivity contribution in [2.45, 2.75) is 52.6 Å². The number of fused-ring (bicyclic) bond motifs is 6.